The first-order chi connectivity index (χ1) is 15.2. The van der Waals surface area contributed by atoms with Gasteiger partial charge in [-0.05, 0) is 36.4 Å². The average molecular weight is 476 g/mol. The molecular formula is C20H11Cl2N3O7. The Morgan fingerprint density at radius 2 is 1.47 bits per heavy atom. The number of ether oxygens (including phenoxy) is 1. The lowest BCUT2D eigenvalue weighted by Gasteiger charge is -2.12. The summed E-state index contributed by atoms with van der Waals surface area (Å²) in [4.78, 5) is 45.5. The summed E-state index contributed by atoms with van der Waals surface area (Å²) in [5.74, 6) is -1.73. The smallest absolute Gasteiger partial charge is 0.343 e. The SMILES string of the molecule is O=C(Oc1ccc(Cl)cc1C(=O)Nc1ccc([N+](=O)[O-])cc1Cl)c1ccc([N+](=O)[O-])cc1. The molecule has 3 aromatic carbocycles. The van der Waals surface area contributed by atoms with Crippen LogP contribution in [0.4, 0.5) is 17.1 Å². The number of nitrogens with zero attached hydrogens (tertiary/aromatic N) is 2. The molecule has 10 nitrogen and oxygen atoms in total. The molecule has 0 unspecified atom stereocenters. The van der Waals surface area contributed by atoms with Gasteiger partial charge >= 0.3 is 5.97 Å². The van der Waals surface area contributed by atoms with E-state index in [1.807, 2.05) is 0 Å². The van der Waals surface area contributed by atoms with E-state index in [1.165, 1.54) is 36.4 Å². The number of nitrogens with one attached hydrogen (secondary N) is 1. The summed E-state index contributed by atoms with van der Waals surface area (Å²) in [5.41, 5.74) is -0.450. The van der Waals surface area contributed by atoms with E-state index in [0.29, 0.717) is 0 Å². The van der Waals surface area contributed by atoms with E-state index >= 15 is 0 Å². The zero-order valence-corrected chi connectivity index (χ0v) is 17.3. The molecule has 1 amide bonds. The molecule has 0 spiro atoms. The number of carbonyl (C=O) groups excluding carboxylic acids is 2. The molecule has 0 fully saturated rings. The number of nitro groups is 2. The Bertz CT molecular complexity index is 1250. The minimum atomic E-state index is -0.857. The number of hydrogen-bond acceptors (Lipinski definition) is 7. The molecule has 0 aliphatic heterocycles. The number of amides is 1. The van der Waals surface area contributed by atoms with E-state index in [9.17, 15) is 29.8 Å². The third kappa shape index (κ3) is 5.17. The molecule has 12 heteroatoms. The molecule has 0 saturated heterocycles. The number of benzene rings is 3. The molecule has 162 valence electrons. The van der Waals surface area contributed by atoms with Gasteiger partial charge in [-0.15, -0.1) is 0 Å². The highest BCUT2D eigenvalue weighted by atomic mass is 35.5. The molecule has 0 atom stereocenters. The minimum absolute atomic E-state index is 0.0234. The van der Waals surface area contributed by atoms with Gasteiger partial charge in [-0.2, -0.15) is 0 Å². The van der Waals surface area contributed by atoms with Gasteiger partial charge in [0.1, 0.15) is 5.75 Å². The lowest BCUT2D eigenvalue weighted by Crippen LogP contribution is -2.16. The third-order valence-corrected chi connectivity index (χ3v) is 4.66. The van der Waals surface area contributed by atoms with Crippen molar-refractivity contribution in [3.63, 3.8) is 0 Å². The molecule has 3 rings (SSSR count). The maximum atomic E-state index is 12.8. The maximum absolute atomic E-state index is 12.8. The molecule has 0 aromatic heterocycles. The predicted octanol–water partition coefficient (Wildman–Crippen LogP) is 5.28. The standard InChI is InChI=1S/C20H11Cl2N3O7/c21-12-3-8-18(32-20(27)11-1-4-13(5-2-11)24(28)29)15(9-12)19(26)23-17-7-6-14(25(30)31)10-16(17)22/h1-10H,(H,23,26). The molecule has 0 radical (unpaired) electrons. The Morgan fingerprint density at radius 3 is 2.06 bits per heavy atom. The van der Waals surface area contributed by atoms with Crippen LogP contribution in [0.5, 0.6) is 5.75 Å². The number of nitro benzene ring substituents is 2. The fourth-order valence-corrected chi connectivity index (χ4v) is 2.95. The van der Waals surface area contributed by atoms with Gasteiger partial charge < -0.3 is 10.1 Å². The van der Waals surface area contributed by atoms with Gasteiger partial charge in [0.2, 0.25) is 0 Å². The summed E-state index contributed by atoms with van der Waals surface area (Å²) < 4.78 is 5.28. The van der Waals surface area contributed by atoms with E-state index in [2.05, 4.69) is 5.32 Å². The number of rotatable bonds is 6. The van der Waals surface area contributed by atoms with Crippen LogP contribution in [-0.2, 0) is 0 Å². The molecule has 3 aromatic rings. The van der Waals surface area contributed by atoms with Crippen molar-refractivity contribution in [1.29, 1.82) is 0 Å². The fraction of sp³-hybridized carbons (Fsp3) is 0. The quantitative estimate of drug-likeness (QED) is 0.221. The highest BCUT2D eigenvalue weighted by Gasteiger charge is 2.20. The van der Waals surface area contributed by atoms with Crippen molar-refractivity contribution in [3.8, 4) is 5.75 Å². The molecular weight excluding hydrogens is 465 g/mol. The molecule has 0 aliphatic carbocycles. The van der Waals surface area contributed by atoms with Crippen LogP contribution in [-0.4, -0.2) is 21.7 Å². The maximum Gasteiger partial charge on any atom is 0.343 e. The molecule has 0 heterocycles. The van der Waals surface area contributed by atoms with Crippen LogP contribution in [0.2, 0.25) is 10.0 Å². The minimum Gasteiger partial charge on any atom is -0.422 e. The van der Waals surface area contributed by atoms with Crippen molar-refractivity contribution in [1.82, 2.24) is 0 Å². The number of carbonyl (C=O) groups is 2. The summed E-state index contributed by atoms with van der Waals surface area (Å²) in [7, 11) is 0. The van der Waals surface area contributed by atoms with E-state index in [-0.39, 0.29) is 44.0 Å². The molecule has 0 bridgehead atoms. The molecule has 0 aliphatic rings. The first-order valence-corrected chi connectivity index (χ1v) is 9.43. The van der Waals surface area contributed by atoms with Crippen molar-refractivity contribution >= 4 is 52.1 Å². The van der Waals surface area contributed by atoms with Crippen molar-refractivity contribution in [2.75, 3.05) is 5.32 Å². The van der Waals surface area contributed by atoms with E-state index in [0.717, 1.165) is 24.3 Å². The van der Waals surface area contributed by atoms with Gasteiger partial charge in [0.15, 0.2) is 0 Å². The number of anilines is 1. The highest BCUT2D eigenvalue weighted by molar-refractivity contribution is 6.34. The van der Waals surface area contributed by atoms with E-state index < -0.39 is 21.7 Å². The summed E-state index contributed by atoms with van der Waals surface area (Å²) in [6.07, 6.45) is 0. The summed E-state index contributed by atoms with van der Waals surface area (Å²) in [6, 6.07) is 12.2. The monoisotopic (exact) mass is 475 g/mol. The van der Waals surface area contributed by atoms with Crippen LogP contribution >= 0.6 is 23.2 Å². The zero-order valence-electron chi connectivity index (χ0n) is 15.8. The van der Waals surface area contributed by atoms with Crippen LogP contribution < -0.4 is 10.1 Å². The zero-order chi connectivity index (χ0) is 23.4. The van der Waals surface area contributed by atoms with Gasteiger partial charge in [-0.1, -0.05) is 23.2 Å². The van der Waals surface area contributed by atoms with E-state index in [4.69, 9.17) is 27.9 Å². The summed E-state index contributed by atoms with van der Waals surface area (Å²) >= 11 is 12.0. The Kier molecular flexibility index (Phi) is 6.67. The van der Waals surface area contributed by atoms with Crippen LogP contribution in [0.25, 0.3) is 0 Å². The normalized spacial score (nSPS) is 10.3. The third-order valence-electron chi connectivity index (χ3n) is 4.11. The van der Waals surface area contributed by atoms with E-state index in [1.54, 1.807) is 0 Å². The second kappa shape index (κ2) is 9.41. The Balaban J connectivity index is 1.84. The molecule has 32 heavy (non-hydrogen) atoms. The van der Waals surface area contributed by atoms with Gasteiger partial charge in [0.25, 0.3) is 17.3 Å². The Hall–Kier alpha value is -4.02. The average Bonchev–Trinajstić information content (AvgIpc) is 2.76. The first-order valence-electron chi connectivity index (χ1n) is 8.67. The number of esters is 1. The van der Waals surface area contributed by atoms with Crippen molar-refractivity contribution < 1.29 is 24.2 Å². The second-order valence-electron chi connectivity index (χ2n) is 6.21. The van der Waals surface area contributed by atoms with Crippen molar-refractivity contribution in [3.05, 3.63) is 102 Å². The lowest BCUT2D eigenvalue weighted by atomic mass is 10.1. The largest absolute Gasteiger partial charge is 0.422 e. The van der Waals surface area contributed by atoms with Gasteiger partial charge in [0.05, 0.1) is 31.7 Å². The molecule has 1 N–H and O–H groups in total. The van der Waals surface area contributed by atoms with Gasteiger partial charge in [-0.3, -0.25) is 25.0 Å². The summed E-state index contributed by atoms with van der Waals surface area (Å²) in [5, 5.41) is 24.2. The van der Waals surface area contributed by atoms with Crippen molar-refractivity contribution in [2.24, 2.45) is 0 Å². The van der Waals surface area contributed by atoms with Crippen LogP contribution in [0.1, 0.15) is 20.7 Å². The van der Waals surface area contributed by atoms with Gasteiger partial charge in [0, 0.05) is 29.3 Å². The van der Waals surface area contributed by atoms with Gasteiger partial charge in [-0.25, -0.2) is 4.79 Å². The lowest BCUT2D eigenvalue weighted by molar-refractivity contribution is -0.385. The Morgan fingerprint density at radius 1 is 0.844 bits per heavy atom. The first kappa shape index (κ1) is 22.7. The van der Waals surface area contributed by atoms with Crippen LogP contribution in [0.3, 0.4) is 0 Å². The number of hydrogen-bond donors (Lipinski definition) is 1. The molecule has 0 saturated carbocycles. The fourth-order valence-electron chi connectivity index (χ4n) is 2.56. The summed E-state index contributed by atoms with van der Waals surface area (Å²) in [6.45, 7) is 0. The predicted molar refractivity (Wildman–Crippen MR) is 116 cm³/mol. The van der Waals surface area contributed by atoms with Crippen LogP contribution in [0.15, 0.2) is 60.7 Å². The number of halogens is 2. The Labute approximate surface area is 189 Å². The van der Waals surface area contributed by atoms with Crippen LogP contribution in [0, 0.1) is 20.2 Å². The number of non-ortho nitro benzene ring substituents is 2. The second-order valence-corrected chi connectivity index (χ2v) is 7.05. The topological polar surface area (TPSA) is 142 Å². The highest BCUT2D eigenvalue weighted by Crippen LogP contribution is 2.29. The van der Waals surface area contributed by atoms with Crippen molar-refractivity contribution in [2.45, 2.75) is 0 Å².